The second-order valence-electron chi connectivity index (χ2n) is 4.76. The molecule has 0 aliphatic heterocycles. The molecule has 1 aliphatic rings. The average molecular weight is 304 g/mol. The molecule has 2 heterocycles. The quantitative estimate of drug-likeness (QED) is 0.908. The summed E-state index contributed by atoms with van der Waals surface area (Å²) in [4.78, 5) is 20.3. The Labute approximate surface area is 126 Å². The number of nitrogens with zero attached hydrogens (tertiary/aromatic N) is 3. The highest BCUT2D eigenvalue weighted by atomic mass is 35.5. The molecule has 0 bridgehead atoms. The standard InChI is InChI=1S/C14H14ClN5O/c1-17-13-14-19-10(8-2-4-9(15)5-3-8)7-20(14)11(6-18-13)12(16)21/h2,4-8H,3H2,1H3,(H2,16,21)(H,17,18). The summed E-state index contributed by atoms with van der Waals surface area (Å²) < 4.78 is 1.67. The van der Waals surface area contributed by atoms with Crippen LogP contribution in [-0.2, 0) is 0 Å². The SMILES string of the molecule is CNc1ncc(C(N)=O)n2cc(C3C=CC(Cl)=CC3)nc12. The van der Waals surface area contributed by atoms with E-state index in [1.807, 2.05) is 24.4 Å². The van der Waals surface area contributed by atoms with Gasteiger partial charge in [-0.15, -0.1) is 0 Å². The summed E-state index contributed by atoms with van der Waals surface area (Å²) in [6, 6.07) is 0. The zero-order chi connectivity index (χ0) is 15.0. The number of halogens is 1. The first kappa shape index (κ1) is 13.6. The number of nitrogens with two attached hydrogens (primary N) is 1. The van der Waals surface area contributed by atoms with E-state index in [0.717, 1.165) is 17.1 Å². The lowest BCUT2D eigenvalue weighted by Gasteiger charge is -2.10. The van der Waals surface area contributed by atoms with E-state index in [0.29, 0.717) is 17.2 Å². The number of primary amides is 1. The molecular formula is C14H14ClN5O. The van der Waals surface area contributed by atoms with Gasteiger partial charge in [0, 0.05) is 24.2 Å². The van der Waals surface area contributed by atoms with Crippen LogP contribution in [0.2, 0.25) is 0 Å². The van der Waals surface area contributed by atoms with Crippen molar-refractivity contribution in [2.45, 2.75) is 12.3 Å². The molecule has 1 atom stereocenters. The minimum Gasteiger partial charge on any atom is -0.370 e. The van der Waals surface area contributed by atoms with Crippen molar-refractivity contribution in [2.75, 3.05) is 12.4 Å². The normalized spacial score (nSPS) is 17.8. The Morgan fingerprint density at radius 3 is 3.00 bits per heavy atom. The van der Waals surface area contributed by atoms with Crippen LogP contribution in [-0.4, -0.2) is 27.3 Å². The molecule has 2 aromatic rings. The third kappa shape index (κ3) is 2.38. The van der Waals surface area contributed by atoms with Crippen molar-refractivity contribution in [3.05, 3.63) is 47.0 Å². The van der Waals surface area contributed by atoms with E-state index in [9.17, 15) is 4.79 Å². The van der Waals surface area contributed by atoms with Crippen LogP contribution >= 0.6 is 11.6 Å². The van der Waals surface area contributed by atoms with E-state index in [1.54, 1.807) is 11.4 Å². The molecule has 0 saturated heterocycles. The van der Waals surface area contributed by atoms with E-state index in [4.69, 9.17) is 17.3 Å². The Balaban J connectivity index is 2.12. The number of aromatic nitrogens is 3. The van der Waals surface area contributed by atoms with Crippen LogP contribution in [0.4, 0.5) is 5.82 Å². The highest BCUT2D eigenvalue weighted by molar-refractivity contribution is 6.31. The van der Waals surface area contributed by atoms with Gasteiger partial charge in [0.25, 0.3) is 5.91 Å². The fraction of sp³-hybridized carbons (Fsp3) is 0.214. The van der Waals surface area contributed by atoms with Gasteiger partial charge in [-0.3, -0.25) is 9.20 Å². The fourth-order valence-electron chi connectivity index (χ4n) is 2.35. The first-order chi connectivity index (χ1) is 10.1. The molecule has 3 rings (SSSR count). The second-order valence-corrected chi connectivity index (χ2v) is 5.19. The summed E-state index contributed by atoms with van der Waals surface area (Å²) in [6.07, 6.45) is 9.84. The summed E-state index contributed by atoms with van der Waals surface area (Å²) in [5.74, 6) is 0.179. The van der Waals surface area contributed by atoms with Crippen LogP contribution in [0.15, 0.2) is 35.7 Å². The van der Waals surface area contributed by atoms with Gasteiger partial charge in [-0.1, -0.05) is 23.8 Å². The van der Waals surface area contributed by atoms with E-state index < -0.39 is 5.91 Å². The predicted octanol–water partition coefficient (Wildman–Crippen LogP) is 2.04. The number of hydrogen-bond acceptors (Lipinski definition) is 4. The van der Waals surface area contributed by atoms with Crippen LogP contribution in [0, 0.1) is 0 Å². The molecule has 1 unspecified atom stereocenters. The van der Waals surface area contributed by atoms with Crippen molar-refractivity contribution < 1.29 is 4.79 Å². The number of rotatable bonds is 3. The first-order valence-electron chi connectivity index (χ1n) is 6.49. The zero-order valence-electron chi connectivity index (χ0n) is 11.4. The maximum absolute atomic E-state index is 11.5. The number of imidazole rings is 1. The molecule has 0 radical (unpaired) electrons. The highest BCUT2D eigenvalue weighted by Gasteiger charge is 2.18. The number of allylic oxidation sites excluding steroid dienone is 4. The largest absolute Gasteiger partial charge is 0.370 e. The Hall–Kier alpha value is -2.34. The van der Waals surface area contributed by atoms with Gasteiger partial charge in [0.15, 0.2) is 11.5 Å². The molecule has 1 aliphatic carbocycles. The van der Waals surface area contributed by atoms with Crippen molar-refractivity contribution in [1.82, 2.24) is 14.4 Å². The first-order valence-corrected chi connectivity index (χ1v) is 6.87. The third-order valence-electron chi connectivity index (χ3n) is 3.44. The smallest absolute Gasteiger partial charge is 0.267 e. The van der Waals surface area contributed by atoms with Gasteiger partial charge < -0.3 is 11.1 Å². The molecule has 0 saturated carbocycles. The van der Waals surface area contributed by atoms with Gasteiger partial charge in [0.1, 0.15) is 5.69 Å². The predicted molar refractivity (Wildman–Crippen MR) is 81.5 cm³/mol. The van der Waals surface area contributed by atoms with E-state index >= 15 is 0 Å². The molecular weight excluding hydrogens is 290 g/mol. The molecule has 2 aromatic heterocycles. The van der Waals surface area contributed by atoms with Gasteiger partial charge in [0.2, 0.25) is 0 Å². The molecule has 0 fully saturated rings. The molecule has 0 spiro atoms. The van der Waals surface area contributed by atoms with Crippen LogP contribution in [0.3, 0.4) is 0 Å². The summed E-state index contributed by atoms with van der Waals surface area (Å²) in [6.45, 7) is 0. The maximum atomic E-state index is 11.5. The molecule has 1 amide bonds. The van der Waals surface area contributed by atoms with E-state index in [2.05, 4.69) is 15.3 Å². The average Bonchev–Trinajstić information content (AvgIpc) is 2.91. The van der Waals surface area contributed by atoms with Crippen molar-refractivity contribution in [3.63, 3.8) is 0 Å². The van der Waals surface area contributed by atoms with Gasteiger partial charge in [0.05, 0.1) is 11.9 Å². The molecule has 3 N–H and O–H groups in total. The fourth-order valence-corrected chi connectivity index (χ4v) is 2.51. The minimum absolute atomic E-state index is 0.123. The topological polar surface area (TPSA) is 85.3 Å². The Morgan fingerprint density at radius 2 is 2.38 bits per heavy atom. The van der Waals surface area contributed by atoms with E-state index in [1.165, 1.54) is 6.20 Å². The van der Waals surface area contributed by atoms with Crippen molar-refractivity contribution in [1.29, 1.82) is 0 Å². The maximum Gasteiger partial charge on any atom is 0.267 e. The van der Waals surface area contributed by atoms with Crippen molar-refractivity contribution in [3.8, 4) is 0 Å². The number of carbonyl (C=O) groups is 1. The molecule has 7 heteroatoms. The molecule has 108 valence electrons. The van der Waals surface area contributed by atoms with Crippen molar-refractivity contribution >= 4 is 29.0 Å². The number of fused-ring (bicyclic) bond motifs is 1. The molecule has 6 nitrogen and oxygen atoms in total. The van der Waals surface area contributed by atoms with Crippen LogP contribution in [0.5, 0.6) is 0 Å². The highest BCUT2D eigenvalue weighted by Crippen LogP contribution is 2.28. The lowest BCUT2D eigenvalue weighted by Crippen LogP contribution is -2.16. The van der Waals surface area contributed by atoms with Crippen molar-refractivity contribution in [2.24, 2.45) is 5.73 Å². The number of hydrogen-bond donors (Lipinski definition) is 2. The van der Waals surface area contributed by atoms with Crippen LogP contribution < -0.4 is 11.1 Å². The lowest BCUT2D eigenvalue weighted by atomic mass is 9.98. The number of amides is 1. The summed E-state index contributed by atoms with van der Waals surface area (Å²) in [5.41, 5.74) is 7.12. The monoisotopic (exact) mass is 303 g/mol. The Bertz CT molecular complexity index is 777. The van der Waals surface area contributed by atoms with Gasteiger partial charge in [-0.25, -0.2) is 9.97 Å². The number of nitrogens with one attached hydrogen (secondary N) is 1. The second kappa shape index (κ2) is 5.21. The minimum atomic E-state index is -0.541. The summed E-state index contributed by atoms with van der Waals surface area (Å²) >= 11 is 5.93. The summed E-state index contributed by atoms with van der Waals surface area (Å²) in [5, 5.41) is 3.69. The summed E-state index contributed by atoms with van der Waals surface area (Å²) in [7, 11) is 1.75. The number of anilines is 1. The third-order valence-corrected chi connectivity index (χ3v) is 3.72. The zero-order valence-corrected chi connectivity index (χ0v) is 12.1. The van der Waals surface area contributed by atoms with Crippen LogP contribution in [0.1, 0.15) is 28.5 Å². The number of carbonyl (C=O) groups excluding carboxylic acids is 1. The Kier molecular flexibility index (Phi) is 3.39. The lowest BCUT2D eigenvalue weighted by molar-refractivity contribution is 0.0994. The van der Waals surface area contributed by atoms with Gasteiger partial charge >= 0.3 is 0 Å². The van der Waals surface area contributed by atoms with Gasteiger partial charge in [-0.2, -0.15) is 0 Å². The van der Waals surface area contributed by atoms with Gasteiger partial charge in [-0.05, 0) is 12.5 Å². The van der Waals surface area contributed by atoms with Crippen LogP contribution in [0.25, 0.3) is 5.65 Å². The Morgan fingerprint density at radius 1 is 1.57 bits per heavy atom. The molecule has 0 aromatic carbocycles. The van der Waals surface area contributed by atoms with E-state index in [-0.39, 0.29) is 5.92 Å². The molecule has 21 heavy (non-hydrogen) atoms.